The molecule has 0 amide bonds. The average molecular weight is 274 g/mol. The largest absolute Gasteiger partial charge is 0.313 e. The Morgan fingerprint density at radius 1 is 1.39 bits per heavy atom. The van der Waals surface area contributed by atoms with Gasteiger partial charge in [0.05, 0.1) is 6.20 Å². The van der Waals surface area contributed by atoms with E-state index >= 15 is 0 Å². The summed E-state index contributed by atoms with van der Waals surface area (Å²) < 4.78 is 27.0. The van der Waals surface area contributed by atoms with E-state index in [0.717, 1.165) is 6.54 Å². The third-order valence-electron chi connectivity index (χ3n) is 2.85. The first-order chi connectivity index (χ1) is 8.38. The number of sulfonamides is 1. The Kier molecular flexibility index (Phi) is 5.30. The first kappa shape index (κ1) is 15.1. The zero-order valence-electron chi connectivity index (χ0n) is 11.3. The quantitative estimate of drug-likeness (QED) is 0.687. The van der Waals surface area contributed by atoms with Crippen molar-refractivity contribution in [2.75, 3.05) is 6.54 Å². The SMILES string of the molecule is CCNCc1cn[nH]c1S(=O)(=O)NC(C)C(C)C. The monoisotopic (exact) mass is 274 g/mol. The van der Waals surface area contributed by atoms with E-state index < -0.39 is 10.0 Å². The van der Waals surface area contributed by atoms with Crippen LogP contribution in [0.5, 0.6) is 0 Å². The highest BCUT2D eigenvalue weighted by molar-refractivity contribution is 7.89. The zero-order chi connectivity index (χ0) is 13.8. The molecule has 0 aliphatic carbocycles. The molecule has 6 nitrogen and oxygen atoms in total. The van der Waals surface area contributed by atoms with E-state index in [1.54, 1.807) is 0 Å². The van der Waals surface area contributed by atoms with Crippen LogP contribution in [-0.4, -0.2) is 31.2 Å². The Hall–Kier alpha value is -0.920. The van der Waals surface area contributed by atoms with E-state index in [1.807, 2.05) is 27.7 Å². The second kappa shape index (κ2) is 6.31. The number of nitrogens with zero attached hydrogens (tertiary/aromatic N) is 1. The van der Waals surface area contributed by atoms with Crippen LogP contribution < -0.4 is 10.0 Å². The molecule has 0 radical (unpaired) electrons. The van der Waals surface area contributed by atoms with E-state index in [4.69, 9.17) is 0 Å². The maximum absolute atomic E-state index is 12.2. The normalized spacial score (nSPS) is 14.1. The number of rotatable bonds is 7. The highest BCUT2D eigenvalue weighted by Crippen LogP contribution is 2.13. The number of nitrogens with one attached hydrogen (secondary N) is 3. The number of H-pyrrole nitrogens is 1. The molecule has 1 atom stereocenters. The molecule has 0 spiro atoms. The molecule has 1 rings (SSSR count). The number of hydrogen-bond acceptors (Lipinski definition) is 4. The van der Waals surface area contributed by atoms with Gasteiger partial charge >= 0.3 is 0 Å². The smallest absolute Gasteiger partial charge is 0.258 e. The fraction of sp³-hybridized carbons (Fsp3) is 0.727. The molecule has 104 valence electrons. The Morgan fingerprint density at radius 2 is 2.06 bits per heavy atom. The second-order valence-electron chi connectivity index (χ2n) is 4.66. The lowest BCUT2D eigenvalue weighted by Crippen LogP contribution is -2.36. The first-order valence-electron chi connectivity index (χ1n) is 6.13. The van der Waals surface area contributed by atoms with Gasteiger partial charge in [0.25, 0.3) is 10.0 Å². The van der Waals surface area contributed by atoms with Gasteiger partial charge in [-0.1, -0.05) is 20.8 Å². The molecule has 0 bridgehead atoms. The number of aromatic amines is 1. The van der Waals surface area contributed by atoms with Crippen LogP contribution in [0.15, 0.2) is 11.2 Å². The minimum Gasteiger partial charge on any atom is -0.313 e. The van der Waals surface area contributed by atoms with Crippen LogP contribution in [0.4, 0.5) is 0 Å². The van der Waals surface area contributed by atoms with Crippen molar-refractivity contribution in [1.29, 1.82) is 0 Å². The van der Waals surface area contributed by atoms with Crippen molar-refractivity contribution in [3.63, 3.8) is 0 Å². The van der Waals surface area contributed by atoms with Crippen LogP contribution in [0.25, 0.3) is 0 Å². The van der Waals surface area contributed by atoms with Crippen molar-refractivity contribution < 1.29 is 8.42 Å². The van der Waals surface area contributed by atoms with Gasteiger partial charge in [-0.05, 0) is 19.4 Å². The summed E-state index contributed by atoms with van der Waals surface area (Å²) in [6.45, 7) is 9.02. The first-order valence-corrected chi connectivity index (χ1v) is 7.62. The van der Waals surface area contributed by atoms with Gasteiger partial charge in [0.2, 0.25) is 0 Å². The van der Waals surface area contributed by atoms with Crippen LogP contribution >= 0.6 is 0 Å². The van der Waals surface area contributed by atoms with Crippen molar-refractivity contribution >= 4 is 10.0 Å². The lowest BCUT2D eigenvalue weighted by Gasteiger charge is -2.17. The molecule has 18 heavy (non-hydrogen) atoms. The van der Waals surface area contributed by atoms with Crippen LogP contribution in [0.1, 0.15) is 33.3 Å². The molecule has 0 aliphatic rings. The molecule has 0 saturated carbocycles. The van der Waals surface area contributed by atoms with Gasteiger partial charge in [0.15, 0.2) is 5.03 Å². The topological polar surface area (TPSA) is 86.9 Å². The molecular formula is C11H22N4O2S. The molecule has 1 aromatic heterocycles. The molecule has 7 heteroatoms. The predicted molar refractivity (Wildman–Crippen MR) is 70.6 cm³/mol. The molecular weight excluding hydrogens is 252 g/mol. The summed E-state index contributed by atoms with van der Waals surface area (Å²) in [6.07, 6.45) is 1.54. The molecule has 0 aromatic carbocycles. The summed E-state index contributed by atoms with van der Waals surface area (Å²) in [4.78, 5) is 0. The summed E-state index contributed by atoms with van der Waals surface area (Å²) in [5.74, 6) is 0.236. The molecule has 1 heterocycles. The van der Waals surface area contributed by atoms with Crippen molar-refractivity contribution in [1.82, 2.24) is 20.2 Å². The Labute approximate surface area is 109 Å². The third-order valence-corrected chi connectivity index (χ3v) is 4.43. The summed E-state index contributed by atoms with van der Waals surface area (Å²) in [6, 6.07) is -0.120. The highest BCUT2D eigenvalue weighted by atomic mass is 32.2. The van der Waals surface area contributed by atoms with E-state index in [-0.39, 0.29) is 17.0 Å². The number of aromatic nitrogens is 2. The van der Waals surface area contributed by atoms with E-state index in [9.17, 15) is 8.42 Å². The van der Waals surface area contributed by atoms with Gasteiger partial charge in [0.1, 0.15) is 0 Å². The summed E-state index contributed by atoms with van der Waals surface area (Å²) in [5.41, 5.74) is 0.653. The molecule has 0 aliphatic heterocycles. The summed E-state index contributed by atoms with van der Waals surface area (Å²) >= 11 is 0. The maximum atomic E-state index is 12.2. The molecule has 1 unspecified atom stereocenters. The van der Waals surface area contributed by atoms with Gasteiger partial charge in [-0.15, -0.1) is 0 Å². The fourth-order valence-electron chi connectivity index (χ4n) is 1.36. The van der Waals surface area contributed by atoms with Crippen molar-refractivity contribution in [3.8, 4) is 0 Å². The van der Waals surface area contributed by atoms with E-state index in [0.29, 0.717) is 12.1 Å². The standard InChI is InChI=1S/C11H22N4O2S/c1-5-12-6-10-7-13-14-11(10)18(16,17)15-9(4)8(2)3/h7-9,12,15H,5-6H2,1-4H3,(H,13,14). The minimum atomic E-state index is -3.53. The summed E-state index contributed by atoms with van der Waals surface area (Å²) in [5, 5.41) is 9.60. The van der Waals surface area contributed by atoms with Crippen molar-refractivity contribution in [3.05, 3.63) is 11.8 Å². The van der Waals surface area contributed by atoms with Gasteiger partial charge in [-0.3, -0.25) is 5.10 Å². The van der Waals surface area contributed by atoms with Gasteiger partial charge < -0.3 is 5.32 Å². The van der Waals surface area contributed by atoms with Crippen molar-refractivity contribution in [2.24, 2.45) is 5.92 Å². The highest BCUT2D eigenvalue weighted by Gasteiger charge is 2.23. The fourth-order valence-corrected chi connectivity index (χ4v) is 2.88. The lowest BCUT2D eigenvalue weighted by molar-refractivity contribution is 0.474. The molecule has 3 N–H and O–H groups in total. The van der Waals surface area contributed by atoms with Crippen LogP contribution in [0, 0.1) is 5.92 Å². The predicted octanol–water partition coefficient (Wildman–Crippen LogP) is 0.842. The van der Waals surface area contributed by atoms with Gasteiger partial charge in [-0.25, -0.2) is 13.1 Å². The van der Waals surface area contributed by atoms with Crippen LogP contribution in [-0.2, 0) is 16.6 Å². The Morgan fingerprint density at radius 3 is 2.61 bits per heavy atom. The zero-order valence-corrected chi connectivity index (χ0v) is 12.1. The second-order valence-corrected chi connectivity index (χ2v) is 6.31. The summed E-state index contributed by atoms with van der Waals surface area (Å²) in [7, 11) is -3.53. The molecule has 0 fully saturated rings. The van der Waals surface area contributed by atoms with Crippen LogP contribution in [0.2, 0.25) is 0 Å². The van der Waals surface area contributed by atoms with Gasteiger partial charge in [0, 0.05) is 18.2 Å². The third kappa shape index (κ3) is 3.79. The average Bonchev–Trinajstić information content (AvgIpc) is 2.74. The van der Waals surface area contributed by atoms with Crippen molar-refractivity contribution in [2.45, 2.75) is 45.3 Å². The Bertz CT molecular complexity index is 467. The molecule has 1 aromatic rings. The maximum Gasteiger partial charge on any atom is 0.258 e. The van der Waals surface area contributed by atoms with Crippen LogP contribution in [0.3, 0.4) is 0 Å². The van der Waals surface area contributed by atoms with Gasteiger partial charge in [-0.2, -0.15) is 5.10 Å². The minimum absolute atomic E-state index is 0.120. The number of hydrogen-bond donors (Lipinski definition) is 3. The Balaban J connectivity index is 2.88. The molecule has 0 saturated heterocycles. The van der Waals surface area contributed by atoms with E-state index in [2.05, 4.69) is 20.2 Å². The lowest BCUT2D eigenvalue weighted by atomic mass is 10.1. The van der Waals surface area contributed by atoms with E-state index in [1.165, 1.54) is 6.20 Å².